The van der Waals surface area contributed by atoms with Crippen molar-refractivity contribution in [2.45, 2.75) is 13.0 Å². The van der Waals surface area contributed by atoms with Crippen LogP contribution in [0.1, 0.15) is 16.9 Å². The number of carbonyl (C=O) groups excluding carboxylic acids is 1. The fourth-order valence-corrected chi connectivity index (χ4v) is 3.16. The first-order valence-corrected chi connectivity index (χ1v) is 8.53. The zero-order valence-electron chi connectivity index (χ0n) is 14.1. The average Bonchev–Trinajstić information content (AvgIpc) is 3.09. The summed E-state index contributed by atoms with van der Waals surface area (Å²) in [6, 6.07) is 17.3. The van der Waals surface area contributed by atoms with Crippen LogP contribution in [0.5, 0.6) is 0 Å². The summed E-state index contributed by atoms with van der Waals surface area (Å²) in [7, 11) is 0. The molecule has 0 aliphatic heterocycles. The van der Waals surface area contributed by atoms with Crippen molar-refractivity contribution >= 4 is 27.6 Å². The first kappa shape index (κ1) is 16.1. The molecule has 1 amide bonds. The summed E-state index contributed by atoms with van der Waals surface area (Å²) in [5.41, 5.74) is 1.13. The SMILES string of the molecule is O=C(NCCCn1ccc2ccccc21)c1n[nH]c(=O)c2ccccc12. The number of rotatable bonds is 5. The van der Waals surface area contributed by atoms with Crippen LogP contribution in [0.2, 0.25) is 0 Å². The van der Waals surface area contributed by atoms with Crippen molar-refractivity contribution in [2.75, 3.05) is 6.54 Å². The van der Waals surface area contributed by atoms with E-state index in [1.54, 1.807) is 24.3 Å². The zero-order valence-corrected chi connectivity index (χ0v) is 14.1. The van der Waals surface area contributed by atoms with E-state index < -0.39 is 0 Å². The molecule has 0 saturated carbocycles. The minimum Gasteiger partial charge on any atom is -0.351 e. The maximum atomic E-state index is 12.4. The molecule has 2 aromatic heterocycles. The minimum absolute atomic E-state index is 0.242. The largest absolute Gasteiger partial charge is 0.351 e. The van der Waals surface area contributed by atoms with Gasteiger partial charge in [-0.3, -0.25) is 9.59 Å². The third-order valence-corrected chi connectivity index (χ3v) is 4.45. The van der Waals surface area contributed by atoms with Gasteiger partial charge in [-0.25, -0.2) is 5.10 Å². The molecule has 0 bridgehead atoms. The Kier molecular flexibility index (Phi) is 4.23. The van der Waals surface area contributed by atoms with Gasteiger partial charge in [0.05, 0.1) is 5.39 Å². The quantitative estimate of drug-likeness (QED) is 0.545. The number of aromatic nitrogens is 3. The number of carbonyl (C=O) groups is 1. The van der Waals surface area contributed by atoms with Crippen LogP contribution in [0.15, 0.2) is 65.6 Å². The Morgan fingerprint density at radius 2 is 1.81 bits per heavy atom. The van der Waals surface area contributed by atoms with Gasteiger partial charge in [-0.2, -0.15) is 5.10 Å². The molecular formula is C20H18N4O2. The van der Waals surface area contributed by atoms with Crippen LogP contribution in [0.25, 0.3) is 21.7 Å². The van der Waals surface area contributed by atoms with Crippen LogP contribution in [-0.4, -0.2) is 27.2 Å². The van der Waals surface area contributed by atoms with Gasteiger partial charge < -0.3 is 9.88 Å². The first-order valence-electron chi connectivity index (χ1n) is 8.53. The van der Waals surface area contributed by atoms with E-state index in [0.29, 0.717) is 17.3 Å². The van der Waals surface area contributed by atoms with E-state index in [9.17, 15) is 9.59 Å². The van der Waals surface area contributed by atoms with Gasteiger partial charge in [0, 0.05) is 30.2 Å². The highest BCUT2D eigenvalue weighted by Crippen LogP contribution is 2.15. The molecule has 6 heteroatoms. The fourth-order valence-electron chi connectivity index (χ4n) is 3.16. The summed E-state index contributed by atoms with van der Waals surface area (Å²) < 4.78 is 2.18. The number of H-pyrrole nitrogens is 1. The Morgan fingerprint density at radius 3 is 2.69 bits per heavy atom. The third kappa shape index (κ3) is 2.97. The molecule has 0 spiro atoms. The normalized spacial score (nSPS) is 11.1. The number of benzene rings is 2. The summed E-state index contributed by atoms with van der Waals surface area (Å²) in [6.45, 7) is 1.34. The van der Waals surface area contributed by atoms with Crippen molar-refractivity contribution in [1.82, 2.24) is 20.1 Å². The van der Waals surface area contributed by atoms with E-state index in [2.05, 4.69) is 44.5 Å². The highest BCUT2D eigenvalue weighted by Gasteiger charge is 2.13. The lowest BCUT2D eigenvalue weighted by Gasteiger charge is -2.08. The van der Waals surface area contributed by atoms with E-state index in [1.165, 1.54) is 10.9 Å². The van der Waals surface area contributed by atoms with Gasteiger partial charge in [0.2, 0.25) is 0 Å². The molecule has 0 aliphatic rings. The highest BCUT2D eigenvalue weighted by molar-refractivity contribution is 6.04. The summed E-state index contributed by atoms with van der Waals surface area (Å²) in [4.78, 5) is 24.2. The molecule has 0 radical (unpaired) electrons. The molecule has 0 unspecified atom stereocenters. The number of nitrogens with one attached hydrogen (secondary N) is 2. The Hall–Kier alpha value is -3.41. The first-order chi connectivity index (χ1) is 12.7. The van der Waals surface area contributed by atoms with Crippen molar-refractivity contribution in [3.05, 3.63) is 76.8 Å². The molecule has 6 nitrogen and oxygen atoms in total. The molecular weight excluding hydrogens is 328 g/mol. The third-order valence-electron chi connectivity index (χ3n) is 4.45. The van der Waals surface area contributed by atoms with Gasteiger partial charge in [-0.1, -0.05) is 36.4 Å². The Balaban J connectivity index is 1.42. The fraction of sp³-hybridized carbons (Fsp3) is 0.150. The standard InChI is InChI=1S/C20H18N4O2/c25-19-16-8-3-2-7-15(16)18(22-23-19)20(26)21-11-5-12-24-13-10-14-6-1-4-9-17(14)24/h1-4,6-10,13H,5,11-12H2,(H,21,26)(H,23,25). The number of amides is 1. The highest BCUT2D eigenvalue weighted by atomic mass is 16.2. The Labute approximate surface area is 149 Å². The van der Waals surface area contributed by atoms with E-state index in [4.69, 9.17) is 0 Å². The summed E-state index contributed by atoms with van der Waals surface area (Å²) in [6.07, 6.45) is 2.86. The number of aromatic amines is 1. The second-order valence-electron chi connectivity index (χ2n) is 6.12. The number of aryl methyl sites for hydroxylation is 1. The van der Waals surface area contributed by atoms with Crippen LogP contribution in [0.3, 0.4) is 0 Å². The predicted octanol–water partition coefficient (Wildman–Crippen LogP) is 2.70. The zero-order chi connectivity index (χ0) is 17.9. The van der Waals surface area contributed by atoms with E-state index in [1.807, 2.05) is 12.1 Å². The van der Waals surface area contributed by atoms with Crippen LogP contribution in [0, 0.1) is 0 Å². The lowest BCUT2D eigenvalue weighted by atomic mass is 10.1. The second-order valence-corrected chi connectivity index (χ2v) is 6.12. The number of fused-ring (bicyclic) bond motifs is 2. The van der Waals surface area contributed by atoms with Crippen molar-refractivity contribution in [1.29, 1.82) is 0 Å². The molecule has 0 atom stereocenters. The summed E-state index contributed by atoms with van der Waals surface area (Å²) in [5, 5.41) is 11.4. The van der Waals surface area contributed by atoms with Crippen molar-refractivity contribution in [3.63, 3.8) is 0 Å². The maximum Gasteiger partial charge on any atom is 0.272 e. The van der Waals surface area contributed by atoms with Gasteiger partial charge in [0.1, 0.15) is 0 Å². The molecule has 0 aliphatic carbocycles. The van der Waals surface area contributed by atoms with Gasteiger partial charge in [-0.05, 0) is 30.0 Å². The number of nitrogens with zero attached hydrogens (tertiary/aromatic N) is 2. The monoisotopic (exact) mass is 346 g/mol. The molecule has 130 valence electrons. The van der Waals surface area contributed by atoms with Gasteiger partial charge in [-0.15, -0.1) is 0 Å². The minimum atomic E-state index is -0.295. The molecule has 2 aromatic carbocycles. The van der Waals surface area contributed by atoms with Crippen LogP contribution in [0.4, 0.5) is 0 Å². The molecule has 4 rings (SSSR count). The molecule has 26 heavy (non-hydrogen) atoms. The molecule has 0 fully saturated rings. The number of hydrogen-bond donors (Lipinski definition) is 2. The lowest BCUT2D eigenvalue weighted by Crippen LogP contribution is -2.28. The van der Waals surface area contributed by atoms with E-state index in [-0.39, 0.29) is 17.2 Å². The average molecular weight is 346 g/mol. The van der Waals surface area contributed by atoms with E-state index >= 15 is 0 Å². The van der Waals surface area contributed by atoms with E-state index in [0.717, 1.165) is 13.0 Å². The molecule has 0 saturated heterocycles. The van der Waals surface area contributed by atoms with Gasteiger partial charge in [0.15, 0.2) is 5.69 Å². The number of hydrogen-bond acceptors (Lipinski definition) is 3. The Morgan fingerprint density at radius 1 is 1.04 bits per heavy atom. The van der Waals surface area contributed by atoms with Crippen LogP contribution < -0.4 is 10.9 Å². The summed E-state index contributed by atoms with van der Waals surface area (Å²) in [5.74, 6) is -0.283. The molecule has 2 N–H and O–H groups in total. The molecule has 4 aromatic rings. The van der Waals surface area contributed by atoms with Crippen LogP contribution >= 0.6 is 0 Å². The smallest absolute Gasteiger partial charge is 0.272 e. The maximum absolute atomic E-state index is 12.4. The second kappa shape index (κ2) is 6.84. The van der Waals surface area contributed by atoms with Crippen molar-refractivity contribution < 1.29 is 4.79 Å². The number of para-hydroxylation sites is 1. The van der Waals surface area contributed by atoms with Gasteiger partial charge >= 0.3 is 0 Å². The summed E-state index contributed by atoms with van der Waals surface area (Å²) >= 11 is 0. The Bertz CT molecular complexity index is 1140. The topological polar surface area (TPSA) is 79.8 Å². The predicted molar refractivity (Wildman–Crippen MR) is 101 cm³/mol. The van der Waals surface area contributed by atoms with Crippen LogP contribution in [-0.2, 0) is 6.54 Å². The van der Waals surface area contributed by atoms with Gasteiger partial charge in [0.25, 0.3) is 11.5 Å². The van der Waals surface area contributed by atoms with Crippen molar-refractivity contribution in [2.24, 2.45) is 0 Å². The molecule has 2 heterocycles. The van der Waals surface area contributed by atoms with Crippen molar-refractivity contribution in [3.8, 4) is 0 Å². The lowest BCUT2D eigenvalue weighted by molar-refractivity contribution is 0.0948.